The lowest BCUT2D eigenvalue weighted by Crippen LogP contribution is -2.52. The van der Waals surface area contributed by atoms with Gasteiger partial charge >= 0.3 is 6.09 Å². The Morgan fingerprint density at radius 2 is 2.18 bits per heavy atom. The minimum absolute atomic E-state index is 0.148. The van der Waals surface area contributed by atoms with Crippen molar-refractivity contribution in [1.29, 1.82) is 5.26 Å². The molecule has 0 aliphatic carbocycles. The van der Waals surface area contributed by atoms with Gasteiger partial charge in [0.15, 0.2) is 0 Å². The maximum atomic E-state index is 12.0. The van der Waals surface area contributed by atoms with E-state index < -0.39 is 11.5 Å². The summed E-state index contributed by atoms with van der Waals surface area (Å²) in [6.45, 7) is 3.41. The predicted octanol–water partition coefficient (Wildman–Crippen LogP) is 3.29. The SMILES string of the molecule is C=COC(=O)N1C2C=CC1CC(C#N)(c1cncc(Br)c1)C2. The van der Waals surface area contributed by atoms with Crippen LogP contribution in [0.15, 0.2) is 47.9 Å². The molecule has 2 aliphatic rings. The number of nitrogens with zero attached hydrogens (tertiary/aromatic N) is 3. The highest BCUT2D eigenvalue weighted by atomic mass is 79.9. The molecule has 1 aromatic heterocycles. The minimum atomic E-state index is -0.652. The number of carbonyl (C=O) groups excluding carboxylic acids is 1. The third kappa shape index (κ3) is 2.32. The molecule has 2 atom stereocenters. The van der Waals surface area contributed by atoms with Gasteiger partial charge in [0, 0.05) is 16.9 Å². The van der Waals surface area contributed by atoms with Crippen molar-refractivity contribution in [2.45, 2.75) is 30.3 Å². The second-order valence-electron chi connectivity index (χ2n) is 5.47. The molecule has 6 heteroatoms. The molecule has 0 radical (unpaired) electrons. The largest absolute Gasteiger partial charge is 0.419 e. The number of aromatic nitrogens is 1. The Balaban J connectivity index is 1.92. The van der Waals surface area contributed by atoms with Gasteiger partial charge in [0.2, 0.25) is 0 Å². The van der Waals surface area contributed by atoms with E-state index in [9.17, 15) is 10.1 Å². The Labute approximate surface area is 137 Å². The molecular formula is C16H14BrN3O2. The van der Waals surface area contributed by atoms with Crippen LogP contribution < -0.4 is 0 Å². The van der Waals surface area contributed by atoms with E-state index in [1.165, 1.54) is 0 Å². The van der Waals surface area contributed by atoms with Crippen molar-refractivity contribution in [3.05, 3.63) is 53.5 Å². The van der Waals surface area contributed by atoms with E-state index in [1.807, 2.05) is 18.2 Å². The molecule has 3 rings (SSSR count). The van der Waals surface area contributed by atoms with Crippen LogP contribution in [-0.4, -0.2) is 28.1 Å². The minimum Gasteiger partial charge on any atom is -0.419 e. The summed E-state index contributed by atoms with van der Waals surface area (Å²) in [7, 11) is 0. The molecule has 2 aliphatic heterocycles. The number of nitriles is 1. The molecule has 112 valence electrons. The van der Waals surface area contributed by atoms with Gasteiger partial charge < -0.3 is 4.74 Å². The van der Waals surface area contributed by atoms with Crippen LogP contribution in [-0.2, 0) is 10.2 Å². The molecule has 1 fully saturated rings. The highest BCUT2D eigenvalue weighted by Crippen LogP contribution is 2.44. The first kappa shape index (κ1) is 14.8. The van der Waals surface area contributed by atoms with Crippen molar-refractivity contribution in [3.63, 3.8) is 0 Å². The van der Waals surface area contributed by atoms with Crippen LogP contribution in [0.25, 0.3) is 0 Å². The Hall–Kier alpha value is -2.13. The number of fused-ring (bicyclic) bond motifs is 2. The Kier molecular flexibility index (Phi) is 3.75. The fourth-order valence-electron chi connectivity index (χ4n) is 3.29. The third-order valence-corrected chi connectivity index (χ3v) is 4.69. The standard InChI is InChI=1S/C16H14BrN3O2/c1-2-22-15(21)20-13-3-4-14(20)7-16(6-13,10-18)11-5-12(17)9-19-8-11/h2-5,8-9,13-14H,1,6-7H2. The lowest BCUT2D eigenvalue weighted by Gasteiger charge is -2.42. The lowest BCUT2D eigenvalue weighted by molar-refractivity contribution is 0.0883. The van der Waals surface area contributed by atoms with Crippen molar-refractivity contribution < 1.29 is 9.53 Å². The van der Waals surface area contributed by atoms with E-state index in [0.29, 0.717) is 12.8 Å². The van der Waals surface area contributed by atoms with Crippen LogP contribution in [0.4, 0.5) is 4.79 Å². The predicted molar refractivity (Wildman–Crippen MR) is 83.7 cm³/mol. The number of halogens is 1. The number of hydrogen-bond donors (Lipinski definition) is 0. The van der Waals surface area contributed by atoms with E-state index in [2.05, 4.69) is 33.6 Å². The lowest BCUT2D eigenvalue weighted by atomic mass is 9.71. The summed E-state index contributed by atoms with van der Waals surface area (Å²) in [6.07, 6.45) is 9.13. The van der Waals surface area contributed by atoms with Crippen LogP contribution >= 0.6 is 15.9 Å². The summed E-state index contributed by atoms with van der Waals surface area (Å²) in [5, 5.41) is 9.81. The highest BCUT2D eigenvalue weighted by molar-refractivity contribution is 9.10. The average molecular weight is 360 g/mol. The third-order valence-electron chi connectivity index (χ3n) is 4.25. The number of pyridine rings is 1. The van der Waals surface area contributed by atoms with Gasteiger partial charge in [-0.2, -0.15) is 5.26 Å². The van der Waals surface area contributed by atoms with Crippen molar-refractivity contribution in [2.75, 3.05) is 0 Å². The molecular weight excluding hydrogens is 346 g/mol. The second kappa shape index (κ2) is 5.58. The number of amides is 1. The van der Waals surface area contributed by atoms with Crippen molar-refractivity contribution in [3.8, 4) is 6.07 Å². The van der Waals surface area contributed by atoms with Gasteiger partial charge in [-0.15, -0.1) is 0 Å². The molecule has 0 N–H and O–H groups in total. The van der Waals surface area contributed by atoms with E-state index >= 15 is 0 Å². The zero-order valence-electron chi connectivity index (χ0n) is 11.8. The Morgan fingerprint density at radius 3 is 2.73 bits per heavy atom. The zero-order valence-corrected chi connectivity index (χ0v) is 13.4. The summed E-state index contributed by atoms with van der Waals surface area (Å²) >= 11 is 3.40. The molecule has 5 nitrogen and oxygen atoms in total. The molecule has 2 unspecified atom stereocenters. The van der Waals surface area contributed by atoms with Crippen LogP contribution in [0, 0.1) is 11.3 Å². The van der Waals surface area contributed by atoms with Crippen molar-refractivity contribution in [2.24, 2.45) is 0 Å². The molecule has 0 spiro atoms. The Morgan fingerprint density at radius 1 is 1.50 bits per heavy atom. The van der Waals surface area contributed by atoms with Crippen LogP contribution in [0.2, 0.25) is 0 Å². The normalized spacial score (nSPS) is 29.0. The Bertz CT molecular complexity index is 679. The first-order valence-corrected chi connectivity index (χ1v) is 7.69. The average Bonchev–Trinajstić information content (AvgIpc) is 2.79. The number of rotatable bonds is 2. The molecule has 1 amide bonds. The summed E-state index contributed by atoms with van der Waals surface area (Å²) in [5.74, 6) is 0. The van der Waals surface area contributed by atoms with Gasteiger partial charge in [-0.1, -0.05) is 18.7 Å². The van der Waals surface area contributed by atoms with Gasteiger partial charge in [0.05, 0.1) is 29.8 Å². The first-order chi connectivity index (χ1) is 10.6. The highest BCUT2D eigenvalue weighted by Gasteiger charge is 2.49. The van der Waals surface area contributed by atoms with Crippen molar-refractivity contribution in [1.82, 2.24) is 9.88 Å². The number of piperidine rings is 1. The zero-order chi connectivity index (χ0) is 15.7. The van der Waals surface area contributed by atoms with E-state index in [1.54, 1.807) is 17.3 Å². The summed E-state index contributed by atoms with van der Waals surface area (Å²) in [6, 6.07) is 4.08. The number of ether oxygens (including phenoxy) is 1. The molecule has 3 heterocycles. The van der Waals surface area contributed by atoms with E-state index in [-0.39, 0.29) is 12.1 Å². The molecule has 2 bridgehead atoms. The van der Waals surface area contributed by atoms with Gasteiger partial charge in [0.25, 0.3) is 0 Å². The quantitative estimate of drug-likeness (QED) is 0.600. The van der Waals surface area contributed by atoms with Gasteiger partial charge in [-0.3, -0.25) is 9.88 Å². The molecule has 0 aromatic carbocycles. The summed E-state index contributed by atoms with van der Waals surface area (Å²) < 4.78 is 5.74. The molecule has 1 aromatic rings. The van der Waals surface area contributed by atoms with Crippen LogP contribution in [0.1, 0.15) is 18.4 Å². The van der Waals surface area contributed by atoms with Gasteiger partial charge in [0.1, 0.15) is 0 Å². The molecule has 22 heavy (non-hydrogen) atoms. The smallest absolute Gasteiger partial charge is 0.415 e. The summed E-state index contributed by atoms with van der Waals surface area (Å²) in [4.78, 5) is 17.9. The molecule has 1 saturated heterocycles. The van der Waals surface area contributed by atoms with E-state index in [0.717, 1.165) is 16.3 Å². The van der Waals surface area contributed by atoms with E-state index in [4.69, 9.17) is 4.74 Å². The van der Waals surface area contributed by atoms with Crippen LogP contribution in [0.3, 0.4) is 0 Å². The van der Waals surface area contributed by atoms with Gasteiger partial charge in [-0.05, 0) is 40.4 Å². The van der Waals surface area contributed by atoms with Gasteiger partial charge in [-0.25, -0.2) is 4.79 Å². The number of hydrogen-bond acceptors (Lipinski definition) is 4. The maximum Gasteiger partial charge on any atom is 0.415 e. The monoisotopic (exact) mass is 359 g/mol. The fourth-order valence-corrected chi connectivity index (χ4v) is 3.65. The first-order valence-electron chi connectivity index (χ1n) is 6.90. The second-order valence-corrected chi connectivity index (χ2v) is 6.39. The van der Waals surface area contributed by atoms with Crippen LogP contribution in [0.5, 0.6) is 0 Å². The fraction of sp³-hybridized carbons (Fsp3) is 0.312. The maximum absolute atomic E-state index is 12.0. The number of carbonyl (C=O) groups is 1. The summed E-state index contributed by atoms with van der Waals surface area (Å²) in [5.41, 5.74) is 0.223. The topological polar surface area (TPSA) is 66.2 Å². The molecule has 0 saturated carbocycles. The van der Waals surface area contributed by atoms with Crippen molar-refractivity contribution >= 4 is 22.0 Å².